The van der Waals surface area contributed by atoms with Gasteiger partial charge in [0, 0.05) is 17.9 Å². The summed E-state index contributed by atoms with van der Waals surface area (Å²) in [5, 5.41) is 0.789. The van der Waals surface area contributed by atoms with Gasteiger partial charge in [0.25, 0.3) is 0 Å². The molecule has 0 spiro atoms. The Morgan fingerprint density at radius 3 is 2.36 bits per heavy atom. The molecule has 0 amide bonds. The monoisotopic (exact) mass is 261 g/mol. The Morgan fingerprint density at radius 1 is 1.43 bits per heavy atom. The summed E-state index contributed by atoms with van der Waals surface area (Å²) in [7, 11) is 1.88. The van der Waals surface area contributed by atoms with Gasteiger partial charge in [-0.1, -0.05) is 15.9 Å². The van der Waals surface area contributed by atoms with Crippen LogP contribution in [-0.4, -0.2) is 27.9 Å². The van der Waals surface area contributed by atoms with Crippen LogP contribution in [0.3, 0.4) is 0 Å². The summed E-state index contributed by atoms with van der Waals surface area (Å²) in [5.41, 5.74) is -0.0994. The molecule has 14 heavy (non-hydrogen) atoms. The van der Waals surface area contributed by atoms with Gasteiger partial charge in [-0.2, -0.15) is 0 Å². The number of nitrogens with zero attached hydrogens (tertiary/aromatic N) is 3. The smallest absolute Gasteiger partial charge is 0.225 e. The molecule has 0 aliphatic carbocycles. The second kappa shape index (κ2) is 4.21. The van der Waals surface area contributed by atoms with Crippen molar-refractivity contribution in [2.45, 2.75) is 19.4 Å². The van der Waals surface area contributed by atoms with E-state index in [2.05, 4.69) is 39.7 Å². The highest BCUT2D eigenvalue weighted by molar-refractivity contribution is 9.09. The summed E-state index contributed by atoms with van der Waals surface area (Å²) in [4.78, 5) is 9.73. The summed E-state index contributed by atoms with van der Waals surface area (Å²) in [6, 6.07) is 0. The fourth-order valence-electron chi connectivity index (χ4n) is 0.839. The van der Waals surface area contributed by atoms with Gasteiger partial charge < -0.3 is 4.90 Å². The molecule has 0 atom stereocenters. The second-order valence-corrected chi connectivity index (χ2v) is 4.27. The Kier molecular flexibility index (Phi) is 3.42. The molecule has 0 aliphatic rings. The zero-order chi connectivity index (χ0) is 10.8. The third-order valence-electron chi connectivity index (χ3n) is 2.14. The maximum atomic E-state index is 12.6. The number of alkyl halides is 1. The molecular formula is C9H13BrFN3. The quantitative estimate of drug-likeness (QED) is 0.782. The molecule has 5 heteroatoms. The first-order valence-corrected chi connectivity index (χ1v) is 5.37. The lowest BCUT2D eigenvalue weighted by Gasteiger charge is -2.33. The maximum Gasteiger partial charge on any atom is 0.225 e. The summed E-state index contributed by atoms with van der Waals surface area (Å²) >= 11 is 3.41. The molecule has 3 nitrogen and oxygen atoms in total. The van der Waals surface area contributed by atoms with Crippen LogP contribution in [-0.2, 0) is 0 Å². The molecule has 1 aromatic heterocycles. The number of halogens is 2. The van der Waals surface area contributed by atoms with Crippen molar-refractivity contribution in [2.75, 3.05) is 17.3 Å². The number of hydrogen-bond donors (Lipinski definition) is 0. The molecule has 1 aromatic rings. The molecule has 78 valence electrons. The number of rotatable bonds is 3. The minimum absolute atomic E-state index is 0.0994. The fourth-order valence-corrected chi connectivity index (χ4v) is 1.22. The lowest BCUT2D eigenvalue weighted by Crippen LogP contribution is -2.43. The lowest BCUT2D eigenvalue weighted by molar-refractivity contribution is 0.536. The van der Waals surface area contributed by atoms with E-state index in [4.69, 9.17) is 0 Å². The first kappa shape index (κ1) is 11.4. The van der Waals surface area contributed by atoms with E-state index in [-0.39, 0.29) is 5.54 Å². The van der Waals surface area contributed by atoms with Gasteiger partial charge in [0.15, 0.2) is 5.82 Å². The normalized spacial score (nSPS) is 11.5. The van der Waals surface area contributed by atoms with Crippen LogP contribution >= 0.6 is 15.9 Å². The van der Waals surface area contributed by atoms with Crippen LogP contribution in [0.15, 0.2) is 12.4 Å². The van der Waals surface area contributed by atoms with Crippen molar-refractivity contribution < 1.29 is 4.39 Å². The van der Waals surface area contributed by atoms with Gasteiger partial charge in [-0.3, -0.25) is 0 Å². The summed E-state index contributed by atoms with van der Waals surface area (Å²) < 4.78 is 12.6. The number of hydrogen-bond acceptors (Lipinski definition) is 3. The van der Waals surface area contributed by atoms with E-state index >= 15 is 0 Å². The molecule has 0 radical (unpaired) electrons. The highest BCUT2D eigenvalue weighted by Gasteiger charge is 2.23. The minimum Gasteiger partial charge on any atom is -0.338 e. The summed E-state index contributed by atoms with van der Waals surface area (Å²) in [5.74, 6) is 0.106. The number of anilines is 1. The zero-order valence-electron chi connectivity index (χ0n) is 8.46. The maximum absolute atomic E-state index is 12.6. The van der Waals surface area contributed by atoms with Crippen LogP contribution in [0.2, 0.25) is 0 Å². The average molecular weight is 262 g/mol. The first-order chi connectivity index (χ1) is 6.47. The van der Waals surface area contributed by atoms with Gasteiger partial charge in [-0.05, 0) is 13.8 Å². The van der Waals surface area contributed by atoms with Crippen LogP contribution in [0, 0.1) is 5.82 Å². The predicted molar refractivity (Wildman–Crippen MR) is 58.3 cm³/mol. The van der Waals surface area contributed by atoms with E-state index in [9.17, 15) is 4.39 Å². The highest BCUT2D eigenvalue weighted by atomic mass is 79.9. The molecule has 0 unspecified atom stereocenters. The largest absolute Gasteiger partial charge is 0.338 e. The second-order valence-electron chi connectivity index (χ2n) is 3.71. The molecule has 0 saturated carbocycles. The summed E-state index contributed by atoms with van der Waals surface area (Å²) in [6.07, 6.45) is 2.34. The van der Waals surface area contributed by atoms with Gasteiger partial charge in [0.1, 0.15) is 0 Å². The third kappa shape index (κ3) is 2.41. The minimum atomic E-state index is -0.418. The van der Waals surface area contributed by atoms with Crippen molar-refractivity contribution in [3.63, 3.8) is 0 Å². The van der Waals surface area contributed by atoms with Gasteiger partial charge in [-0.15, -0.1) is 0 Å². The Bertz CT molecular complexity index is 299. The number of aromatic nitrogens is 2. The lowest BCUT2D eigenvalue weighted by atomic mass is 10.1. The van der Waals surface area contributed by atoms with Crippen molar-refractivity contribution in [3.8, 4) is 0 Å². The van der Waals surface area contributed by atoms with Crippen LogP contribution < -0.4 is 4.90 Å². The molecule has 0 saturated heterocycles. The van der Waals surface area contributed by atoms with Crippen LogP contribution in [0.5, 0.6) is 0 Å². The van der Waals surface area contributed by atoms with Crippen molar-refractivity contribution in [3.05, 3.63) is 18.2 Å². The van der Waals surface area contributed by atoms with E-state index in [0.29, 0.717) is 5.95 Å². The molecule has 0 fully saturated rings. The van der Waals surface area contributed by atoms with Crippen molar-refractivity contribution in [1.29, 1.82) is 0 Å². The topological polar surface area (TPSA) is 29.0 Å². The van der Waals surface area contributed by atoms with Crippen molar-refractivity contribution >= 4 is 21.9 Å². The van der Waals surface area contributed by atoms with Gasteiger partial charge in [0.05, 0.1) is 12.4 Å². The van der Waals surface area contributed by atoms with E-state index in [0.717, 1.165) is 5.33 Å². The summed E-state index contributed by atoms with van der Waals surface area (Å²) in [6.45, 7) is 4.10. The van der Waals surface area contributed by atoms with E-state index in [1.807, 2.05) is 11.9 Å². The molecular weight excluding hydrogens is 249 g/mol. The zero-order valence-corrected chi connectivity index (χ0v) is 10.0. The van der Waals surface area contributed by atoms with E-state index < -0.39 is 5.82 Å². The Balaban J connectivity index is 2.89. The Labute approximate surface area is 91.5 Å². The van der Waals surface area contributed by atoms with Gasteiger partial charge in [0.2, 0.25) is 5.95 Å². The molecule has 0 aliphatic heterocycles. The van der Waals surface area contributed by atoms with E-state index in [1.165, 1.54) is 12.4 Å². The van der Waals surface area contributed by atoms with Crippen LogP contribution in [0.4, 0.5) is 10.3 Å². The highest BCUT2D eigenvalue weighted by Crippen LogP contribution is 2.19. The predicted octanol–water partition coefficient (Wildman–Crippen LogP) is 2.23. The van der Waals surface area contributed by atoms with Gasteiger partial charge >= 0.3 is 0 Å². The molecule has 1 rings (SSSR count). The average Bonchev–Trinajstić information content (AvgIpc) is 2.18. The molecule has 0 N–H and O–H groups in total. The van der Waals surface area contributed by atoms with Gasteiger partial charge in [-0.25, -0.2) is 14.4 Å². The third-order valence-corrected chi connectivity index (χ3v) is 3.51. The van der Waals surface area contributed by atoms with Crippen molar-refractivity contribution in [1.82, 2.24) is 9.97 Å². The standard InChI is InChI=1S/C9H13BrFN3/c1-9(2,6-10)14(3)8-12-4-7(11)5-13-8/h4-5H,6H2,1-3H3. The SMILES string of the molecule is CN(c1ncc(F)cn1)C(C)(C)CBr. The van der Waals surface area contributed by atoms with Crippen molar-refractivity contribution in [2.24, 2.45) is 0 Å². The van der Waals surface area contributed by atoms with Crippen LogP contribution in [0.1, 0.15) is 13.8 Å². The molecule has 1 heterocycles. The molecule has 0 bridgehead atoms. The Morgan fingerprint density at radius 2 is 1.93 bits per heavy atom. The van der Waals surface area contributed by atoms with Crippen LogP contribution in [0.25, 0.3) is 0 Å². The Hall–Kier alpha value is -0.710. The fraction of sp³-hybridized carbons (Fsp3) is 0.556. The first-order valence-electron chi connectivity index (χ1n) is 4.25. The van der Waals surface area contributed by atoms with E-state index in [1.54, 1.807) is 0 Å². The molecule has 0 aromatic carbocycles.